The average molecular weight is 407 g/mol. The van der Waals surface area contributed by atoms with Crippen molar-refractivity contribution in [2.24, 2.45) is 0 Å². The fourth-order valence-corrected chi connectivity index (χ4v) is 4.00. The van der Waals surface area contributed by atoms with Crippen molar-refractivity contribution < 1.29 is 19.7 Å². The quantitative estimate of drug-likeness (QED) is 0.593. The summed E-state index contributed by atoms with van der Waals surface area (Å²) in [4.78, 5) is 14.4. The van der Waals surface area contributed by atoms with Gasteiger partial charge >= 0.3 is 6.09 Å². The fourth-order valence-electron chi connectivity index (χ4n) is 3.24. The molecule has 1 heterocycles. The summed E-state index contributed by atoms with van der Waals surface area (Å²) in [6.45, 7) is 6.38. The van der Waals surface area contributed by atoms with E-state index in [1.807, 2.05) is 62.5 Å². The van der Waals surface area contributed by atoms with Gasteiger partial charge in [-0.1, -0.05) is 18.2 Å². The van der Waals surface area contributed by atoms with E-state index in [9.17, 15) is 15.0 Å². The molecule has 28 heavy (non-hydrogen) atoms. The molecule has 7 heteroatoms. The van der Waals surface area contributed by atoms with Gasteiger partial charge < -0.3 is 20.3 Å². The van der Waals surface area contributed by atoms with Gasteiger partial charge in [0.05, 0.1) is 19.3 Å². The number of amides is 1. The van der Waals surface area contributed by atoms with E-state index in [0.29, 0.717) is 13.0 Å². The maximum atomic E-state index is 12.0. The largest absolute Gasteiger partial charge is 0.497 e. The molecule has 0 spiro atoms. The highest BCUT2D eigenvalue weighted by molar-refractivity contribution is 7.09. The van der Waals surface area contributed by atoms with Crippen molar-refractivity contribution in [1.82, 2.24) is 10.2 Å². The number of hydrogen-bond acceptors (Lipinski definition) is 5. The van der Waals surface area contributed by atoms with E-state index in [0.717, 1.165) is 16.2 Å². The summed E-state index contributed by atoms with van der Waals surface area (Å²) in [7, 11) is 1.62. The summed E-state index contributed by atoms with van der Waals surface area (Å²) in [5.41, 5.74) is 0.411. The number of ether oxygens (including phenoxy) is 1. The van der Waals surface area contributed by atoms with Gasteiger partial charge in [0.2, 0.25) is 0 Å². The Labute approximate surface area is 170 Å². The number of hydrogen-bond donors (Lipinski definition) is 3. The maximum Gasteiger partial charge on any atom is 0.408 e. The lowest BCUT2D eigenvalue weighted by molar-refractivity contribution is 0.00800. The number of carbonyl (C=O) groups is 1. The molecule has 0 saturated heterocycles. The molecule has 1 aromatic carbocycles. The molecule has 3 N–H and O–H groups in total. The predicted molar refractivity (Wildman–Crippen MR) is 112 cm³/mol. The van der Waals surface area contributed by atoms with Crippen LogP contribution in [0.15, 0.2) is 41.8 Å². The second-order valence-corrected chi connectivity index (χ2v) is 8.76. The van der Waals surface area contributed by atoms with Gasteiger partial charge in [0, 0.05) is 29.9 Å². The third-order valence-corrected chi connectivity index (χ3v) is 5.41. The molecule has 1 aromatic heterocycles. The Morgan fingerprint density at radius 1 is 1.29 bits per heavy atom. The number of nitrogens with zero attached hydrogens (tertiary/aromatic N) is 1. The zero-order chi connectivity index (χ0) is 20.7. The molecule has 0 bridgehead atoms. The van der Waals surface area contributed by atoms with Crippen molar-refractivity contribution in [1.29, 1.82) is 0 Å². The molecule has 154 valence electrons. The number of rotatable bonds is 9. The predicted octanol–water partition coefficient (Wildman–Crippen LogP) is 3.60. The lowest BCUT2D eigenvalue weighted by Gasteiger charge is -2.41. The second kappa shape index (κ2) is 9.91. The molecule has 1 amide bonds. The zero-order valence-electron chi connectivity index (χ0n) is 16.9. The first-order chi connectivity index (χ1) is 13.2. The zero-order valence-corrected chi connectivity index (χ0v) is 17.7. The molecule has 0 saturated carbocycles. The lowest BCUT2D eigenvalue weighted by Crippen LogP contribution is -2.57. The Bertz CT molecular complexity index is 743. The summed E-state index contributed by atoms with van der Waals surface area (Å²) in [5, 5.41) is 25.9. The minimum atomic E-state index is -1.03. The Morgan fingerprint density at radius 3 is 2.61 bits per heavy atom. The Kier molecular flexibility index (Phi) is 7.86. The highest BCUT2D eigenvalue weighted by Crippen LogP contribution is 2.24. The number of aliphatic hydroxyl groups is 1. The summed E-state index contributed by atoms with van der Waals surface area (Å²) in [5.74, 6) is 0.778. The van der Waals surface area contributed by atoms with Crippen LogP contribution in [0.4, 0.5) is 4.79 Å². The molecular weight excluding hydrogens is 376 g/mol. The number of carboxylic acid groups (broad SMARTS) is 1. The molecule has 2 aromatic rings. The first-order valence-electron chi connectivity index (χ1n) is 9.28. The van der Waals surface area contributed by atoms with Gasteiger partial charge in [-0.25, -0.2) is 4.79 Å². The lowest BCUT2D eigenvalue weighted by atomic mass is 9.97. The average Bonchev–Trinajstić information content (AvgIpc) is 3.13. The number of methoxy groups -OCH3 is 1. The standard InChI is InChI=1S/C21H30N2O4S/c1-21(2,3)23(20(25)26)18(12-17-9-6-10-28-17)19(24)14-22-13-15-7-5-8-16(11-15)27-4/h5-11,18-19,22,24H,12-14H2,1-4H3,(H,25,26)/t18-,19-/m0/s1. The molecular formula is C21H30N2O4S. The number of thiophene rings is 1. The number of benzene rings is 1. The van der Waals surface area contributed by atoms with E-state index < -0.39 is 23.8 Å². The van der Waals surface area contributed by atoms with Gasteiger partial charge in [0.1, 0.15) is 5.75 Å². The minimum Gasteiger partial charge on any atom is -0.497 e. The number of nitrogens with one attached hydrogen (secondary N) is 1. The highest BCUT2D eigenvalue weighted by atomic mass is 32.1. The van der Waals surface area contributed by atoms with E-state index in [-0.39, 0.29) is 6.54 Å². The first kappa shape index (κ1) is 22.2. The first-order valence-corrected chi connectivity index (χ1v) is 10.2. The van der Waals surface area contributed by atoms with Gasteiger partial charge in [0.15, 0.2) is 0 Å². The van der Waals surface area contributed by atoms with Crippen molar-refractivity contribution in [3.63, 3.8) is 0 Å². The molecule has 0 unspecified atom stereocenters. The van der Waals surface area contributed by atoms with Gasteiger partial charge in [-0.3, -0.25) is 4.90 Å². The van der Waals surface area contributed by atoms with E-state index in [4.69, 9.17) is 4.74 Å². The van der Waals surface area contributed by atoms with Crippen LogP contribution < -0.4 is 10.1 Å². The summed E-state index contributed by atoms with van der Waals surface area (Å²) >= 11 is 1.57. The summed E-state index contributed by atoms with van der Waals surface area (Å²) in [6.07, 6.45) is -1.40. The topological polar surface area (TPSA) is 82.0 Å². The normalized spacial score (nSPS) is 13.8. The van der Waals surface area contributed by atoms with Crippen molar-refractivity contribution in [3.8, 4) is 5.75 Å². The Balaban J connectivity index is 2.09. The van der Waals surface area contributed by atoms with Crippen LogP contribution in [0.5, 0.6) is 5.75 Å². The molecule has 2 atom stereocenters. The molecule has 0 aliphatic carbocycles. The van der Waals surface area contributed by atoms with Crippen molar-refractivity contribution in [2.45, 2.75) is 51.4 Å². The van der Waals surface area contributed by atoms with Crippen LogP contribution in [-0.4, -0.2) is 52.5 Å². The Morgan fingerprint density at radius 2 is 2.04 bits per heavy atom. The monoisotopic (exact) mass is 406 g/mol. The van der Waals surface area contributed by atoms with Crippen molar-refractivity contribution in [3.05, 3.63) is 52.2 Å². The molecule has 0 fully saturated rings. The number of aliphatic hydroxyl groups excluding tert-OH is 1. The van der Waals surface area contributed by atoms with E-state index in [2.05, 4.69) is 5.32 Å². The summed E-state index contributed by atoms with van der Waals surface area (Å²) < 4.78 is 5.23. The highest BCUT2D eigenvalue weighted by Gasteiger charge is 2.37. The Hall–Kier alpha value is -2.09. The summed E-state index contributed by atoms with van der Waals surface area (Å²) in [6, 6.07) is 11.1. The van der Waals surface area contributed by atoms with Crippen molar-refractivity contribution in [2.75, 3.05) is 13.7 Å². The minimum absolute atomic E-state index is 0.285. The van der Waals surface area contributed by atoms with Crippen LogP contribution in [0.1, 0.15) is 31.2 Å². The third kappa shape index (κ3) is 6.22. The van der Waals surface area contributed by atoms with Gasteiger partial charge in [0.25, 0.3) is 0 Å². The molecule has 6 nitrogen and oxygen atoms in total. The van der Waals surface area contributed by atoms with Crippen LogP contribution in [0.25, 0.3) is 0 Å². The van der Waals surface area contributed by atoms with E-state index in [1.165, 1.54) is 4.90 Å². The van der Waals surface area contributed by atoms with Crippen LogP contribution >= 0.6 is 11.3 Å². The van der Waals surface area contributed by atoms with Crippen LogP contribution in [0, 0.1) is 0 Å². The van der Waals surface area contributed by atoms with Gasteiger partial charge in [-0.2, -0.15) is 0 Å². The van der Waals surface area contributed by atoms with E-state index in [1.54, 1.807) is 18.4 Å². The van der Waals surface area contributed by atoms with Crippen LogP contribution in [-0.2, 0) is 13.0 Å². The molecule has 0 aliphatic heterocycles. The van der Waals surface area contributed by atoms with Crippen molar-refractivity contribution >= 4 is 17.4 Å². The van der Waals surface area contributed by atoms with E-state index >= 15 is 0 Å². The molecule has 0 aliphatic rings. The maximum absolute atomic E-state index is 12.0. The third-order valence-electron chi connectivity index (χ3n) is 4.51. The second-order valence-electron chi connectivity index (χ2n) is 7.72. The smallest absolute Gasteiger partial charge is 0.408 e. The van der Waals surface area contributed by atoms with Gasteiger partial charge in [-0.15, -0.1) is 11.3 Å². The fraction of sp³-hybridized carbons (Fsp3) is 0.476. The molecule has 2 rings (SSSR count). The molecule has 0 radical (unpaired) electrons. The van der Waals surface area contributed by atoms with Gasteiger partial charge in [-0.05, 0) is 49.9 Å². The van der Waals surface area contributed by atoms with Crippen LogP contribution in [0.3, 0.4) is 0 Å². The van der Waals surface area contributed by atoms with Crippen LogP contribution in [0.2, 0.25) is 0 Å². The SMILES string of the molecule is COc1cccc(CNC[C@H](O)[C@H](Cc2cccs2)N(C(=O)O)C(C)(C)C)c1.